The Morgan fingerprint density at radius 2 is 2.24 bits per heavy atom. The van der Waals surface area contributed by atoms with Crippen molar-refractivity contribution in [2.75, 3.05) is 11.9 Å². The minimum absolute atomic E-state index is 0. The second kappa shape index (κ2) is 5.60. The van der Waals surface area contributed by atoms with E-state index in [1.54, 1.807) is 6.20 Å². The molecule has 0 aliphatic rings. The van der Waals surface area contributed by atoms with Gasteiger partial charge in [0.1, 0.15) is 5.82 Å². The topological polar surface area (TPSA) is 77.7 Å². The molecule has 0 atom stereocenters. The first-order valence-corrected chi connectivity index (χ1v) is 5.18. The van der Waals surface area contributed by atoms with E-state index in [-0.39, 0.29) is 6.15 Å². The fourth-order valence-electron chi connectivity index (χ4n) is 1.32. The van der Waals surface area contributed by atoms with E-state index in [4.69, 9.17) is 11.6 Å². The second-order valence-corrected chi connectivity index (χ2v) is 3.53. The van der Waals surface area contributed by atoms with Gasteiger partial charge in [-0.2, -0.15) is 5.10 Å². The average Bonchev–Trinajstić information content (AvgIpc) is 2.61. The van der Waals surface area contributed by atoms with Gasteiger partial charge in [0.05, 0.1) is 30.0 Å². The zero-order valence-electron chi connectivity index (χ0n) is 9.32. The number of nitrogens with zero attached hydrogens (tertiary/aromatic N) is 3. The van der Waals surface area contributed by atoms with E-state index in [1.165, 1.54) is 16.9 Å². The highest BCUT2D eigenvalue weighted by Crippen LogP contribution is 2.21. The standard InChI is InChI=1S/C10H10ClFN4.H3N/c1-2-14-9-6-16(15-10(9)11)8-3-7(12)4-13-5-8;/h3-6,14H,2H2,1H3;1H3. The quantitative estimate of drug-likeness (QED) is 0.886. The number of pyridine rings is 1. The minimum atomic E-state index is -0.408. The van der Waals surface area contributed by atoms with Crippen LogP contribution in [0.1, 0.15) is 6.92 Å². The van der Waals surface area contributed by atoms with Gasteiger partial charge in [-0.25, -0.2) is 9.07 Å². The summed E-state index contributed by atoms with van der Waals surface area (Å²) in [7, 11) is 0. The SMILES string of the molecule is CCNc1cn(-c2cncc(F)c2)nc1Cl.N. The van der Waals surface area contributed by atoms with Crippen molar-refractivity contribution in [2.45, 2.75) is 6.92 Å². The lowest BCUT2D eigenvalue weighted by Gasteiger charge is -1.99. The molecule has 2 heterocycles. The molecule has 0 saturated heterocycles. The molecule has 17 heavy (non-hydrogen) atoms. The maximum absolute atomic E-state index is 13.0. The van der Waals surface area contributed by atoms with Crippen LogP contribution in [0.5, 0.6) is 0 Å². The average molecular weight is 258 g/mol. The maximum atomic E-state index is 13.0. The Balaban J connectivity index is 0.00000144. The molecule has 92 valence electrons. The molecular weight excluding hydrogens is 245 g/mol. The van der Waals surface area contributed by atoms with Crippen LogP contribution in [0.25, 0.3) is 5.69 Å². The molecule has 0 aliphatic heterocycles. The van der Waals surface area contributed by atoms with Crippen LogP contribution in [-0.2, 0) is 0 Å². The smallest absolute Gasteiger partial charge is 0.174 e. The molecule has 2 aromatic heterocycles. The third kappa shape index (κ3) is 2.92. The largest absolute Gasteiger partial charge is 0.382 e. The number of hydrogen-bond acceptors (Lipinski definition) is 4. The van der Waals surface area contributed by atoms with Crippen LogP contribution in [0.15, 0.2) is 24.7 Å². The van der Waals surface area contributed by atoms with E-state index in [0.29, 0.717) is 16.5 Å². The number of rotatable bonds is 3. The summed E-state index contributed by atoms with van der Waals surface area (Å²) in [5.41, 5.74) is 1.25. The summed E-state index contributed by atoms with van der Waals surface area (Å²) in [5, 5.41) is 7.46. The van der Waals surface area contributed by atoms with E-state index in [0.717, 1.165) is 12.7 Å². The number of aromatic nitrogens is 3. The normalized spacial score (nSPS) is 9.82. The van der Waals surface area contributed by atoms with E-state index in [9.17, 15) is 4.39 Å². The van der Waals surface area contributed by atoms with Gasteiger partial charge in [0, 0.05) is 12.6 Å². The molecule has 0 fully saturated rings. The predicted octanol–water partition coefficient (Wildman–Crippen LogP) is 2.65. The van der Waals surface area contributed by atoms with Crippen LogP contribution in [0.4, 0.5) is 10.1 Å². The number of nitrogens with one attached hydrogen (secondary N) is 1. The van der Waals surface area contributed by atoms with Crippen molar-refractivity contribution in [3.8, 4) is 5.69 Å². The van der Waals surface area contributed by atoms with E-state index in [1.807, 2.05) is 6.92 Å². The highest BCUT2D eigenvalue weighted by molar-refractivity contribution is 6.32. The van der Waals surface area contributed by atoms with Crippen molar-refractivity contribution in [1.29, 1.82) is 0 Å². The third-order valence-corrected chi connectivity index (χ3v) is 2.27. The van der Waals surface area contributed by atoms with Crippen LogP contribution in [0.2, 0.25) is 5.15 Å². The molecule has 0 aromatic carbocycles. The Labute approximate surface area is 103 Å². The van der Waals surface area contributed by atoms with Crippen molar-refractivity contribution in [3.05, 3.63) is 35.6 Å². The lowest BCUT2D eigenvalue weighted by molar-refractivity contribution is 0.618. The van der Waals surface area contributed by atoms with E-state index < -0.39 is 5.82 Å². The molecule has 7 heteroatoms. The molecule has 4 N–H and O–H groups in total. The lowest BCUT2D eigenvalue weighted by Crippen LogP contribution is -1.97. The molecule has 0 bridgehead atoms. The number of hydrogen-bond donors (Lipinski definition) is 2. The summed E-state index contributed by atoms with van der Waals surface area (Å²) in [6.45, 7) is 2.70. The van der Waals surface area contributed by atoms with Crippen LogP contribution in [-0.4, -0.2) is 21.3 Å². The molecule has 0 spiro atoms. The summed E-state index contributed by atoms with van der Waals surface area (Å²) in [4.78, 5) is 3.75. The van der Waals surface area contributed by atoms with Crippen LogP contribution in [0.3, 0.4) is 0 Å². The molecule has 0 amide bonds. The van der Waals surface area contributed by atoms with Crippen molar-refractivity contribution in [2.24, 2.45) is 0 Å². The Bertz CT molecular complexity index is 499. The third-order valence-electron chi connectivity index (χ3n) is 1.99. The van der Waals surface area contributed by atoms with E-state index in [2.05, 4.69) is 15.4 Å². The summed E-state index contributed by atoms with van der Waals surface area (Å²) in [6.07, 6.45) is 4.35. The Morgan fingerprint density at radius 3 is 2.88 bits per heavy atom. The zero-order chi connectivity index (χ0) is 11.5. The summed E-state index contributed by atoms with van der Waals surface area (Å²) >= 11 is 5.90. The van der Waals surface area contributed by atoms with E-state index >= 15 is 0 Å². The molecule has 0 aliphatic carbocycles. The van der Waals surface area contributed by atoms with Gasteiger partial charge in [0.25, 0.3) is 0 Å². The summed E-state index contributed by atoms with van der Waals surface area (Å²) in [5.74, 6) is -0.408. The van der Waals surface area contributed by atoms with Crippen LogP contribution >= 0.6 is 11.6 Å². The van der Waals surface area contributed by atoms with Crippen molar-refractivity contribution in [3.63, 3.8) is 0 Å². The van der Waals surface area contributed by atoms with Crippen molar-refractivity contribution >= 4 is 17.3 Å². The van der Waals surface area contributed by atoms with Gasteiger partial charge < -0.3 is 11.5 Å². The number of halogens is 2. The van der Waals surface area contributed by atoms with Gasteiger partial charge in [-0.1, -0.05) is 11.6 Å². The summed E-state index contributed by atoms with van der Waals surface area (Å²) in [6, 6.07) is 1.34. The first kappa shape index (κ1) is 13.4. The Kier molecular flexibility index (Phi) is 4.42. The second-order valence-electron chi connectivity index (χ2n) is 3.17. The lowest BCUT2D eigenvalue weighted by atomic mass is 10.4. The Morgan fingerprint density at radius 1 is 1.47 bits per heavy atom. The monoisotopic (exact) mass is 257 g/mol. The highest BCUT2D eigenvalue weighted by Gasteiger charge is 2.07. The highest BCUT2D eigenvalue weighted by atomic mass is 35.5. The maximum Gasteiger partial charge on any atom is 0.174 e. The fraction of sp³-hybridized carbons (Fsp3) is 0.200. The van der Waals surface area contributed by atoms with Crippen LogP contribution < -0.4 is 11.5 Å². The van der Waals surface area contributed by atoms with Crippen molar-refractivity contribution < 1.29 is 4.39 Å². The van der Waals surface area contributed by atoms with Gasteiger partial charge >= 0.3 is 0 Å². The molecule has 0 saturated carbocycles. The molecular formula is C10H13ClFN5. The van der Waals surface area contributed by atoms with Gasteiger partial charge in [-0.05, 0) is 6.92 Å². The number of anilines is 1. The predicted molar refractivity (Wildman–Crippen MR) is 65.5 cm³/mol. The molecule has 2 rings (SSSR count). The zero-order valence-corrected chi connectivity index (χ0v) is 10.1. The van der Waals surface area contributed by atoms with Gasteiger partial charge in [0.15, 0.2) is 5.15 Å². The van der Waals surface area contributed by atoms with Crippen LogP contribution in [0, 0.1) is 5.82 Å². The summed E-state index contributed by atoms with van der Waals surface area (Å²) < 4.78 is 14.4. The van der Waals surface area contributed by atoms with Gasteiger partial charge in [-0.3, -0.25) is 4.98 Å². The molecule has 5 nitrogen and oxygen atoms in total. The van der Waals surface area contributed by atoms with Crippen molar-refractivity contribution in [1.82, 2.24) is 20.9 Å². The Hall–Kier alpha value is -1.66. The van der Waals surface area contributed by atoms with Gasteiger partial charge in [-0.15, -0.1) is 0 Å². The molecule has 2 aromatic rings. The first-order valence-electron chi connectivity index (χ1n) is 4.80. The molecule has 0 unspecified atom stereocenters. The van der Waals surface area contributed by atoms with Gasteiger partial charge in [0.2, 0.25) is 0 Å². The minimum Gasteiger partial charge on any atom is -0.382 e. The first-order chi connectivity index (χ1) is 7.70. The fourth-order valence-corrected chi connectivity index (χ4v) is 1.52. The molecule has 0 radical (unpaired) electrons.